The number of ether oxygens (including phenoxy) is 3. The van der Waals surface area contributed by atoms with Crippen LogP contribution in [0.4, 0.5) is 4.79 Å². The van der Waals surface area contributed by atoms with Gasteiger partial charge in [-0.1, -0.05) is 47.0 Å². The highest BCUT2D eigenvalue weighted by atomic mass is 16.6. The molecule has 6 atom stereocenters. The van der Waals surface area contributed by atoms with Crippen LogP contribution in [-0.2, 0) is 27.4 Å². The molecule has 2 fully saturated rings. The number of rotatable bonds is 5. The van der Waals surface area contributed by atoms with E-state index in [1.54, 1.807) is 23.5 Å². The van der Waals surface area contributed by atoms with Gasteiger partial charge in [0.2, 0.25) is 11.8 Å². The smallest absolute Gasteiger partial charge is 0.408 e. The van der Waals surface area contributed by atoms with Crippen molar-refractivity contribution < 1.29 is 28.6 Å². The highest BCUT2D eigenvalue weighted by Crippen LogP contribution is 2.49. The average Bonchev–Trinajstić information content (AvgIpc) is 3.55. The second-order valence-electron chi connectivity index (χ2n) is 15.4. The first-order chi connectivity index (χ1) is 23.9. The van der Waals surface area contributed by atoms with Crippen molar-refractivity contribution in [3.05, 3.63) is 48.2 Å². The van der Waals surface area contributed by atoms with Gasteiger partial charge in [0.25, 0.3) is 0 Å². The van der Waals surface area contributed by atoms with Gasteiger partial charge in [-0.25, -0.2) is 14.8 Å². The SMILES string of the molecule is CC[C@@H]1[C@@H]2CN(C(=O)[C@H](C(C)(C)C)NC(=O)O[C@]3(C)C[C@H]3CCCCCCc3nc4ccc(OCc5cnccn5)cc4nc3O2)[C@@H]1C(C)=O. The van der Waals surface area contributed by atoms with Crippen LogP contribution in [0.2, 0.25) is 0 Å². The molecule has 1 saturated carbocycles. The van der Waals surface area contributed by atoms with Crippen LogP contribution in [0.15, 0.2) is 36.8 Å². The molecule has 268 valence electrons. The van der Waals surface area contributed by atoms with Crippen LogP contribution < -0.4 is 14.8 Å². The Morgan fingerprint density at radius 3 is 2.62 bits per heavy atom. The standard InChI is InChI=1S/C38H50N6O6/c1-7-27-31-21-44(32(27)23(2)45)35(46)33(37(3,4)5)43-36(47)50-38(6)19-24(38)12-10-8-9-11-13-29-34(49-31)42-30-18-26(14-15-28(30)41-29)48-22-25-20-39-16-17-40-25/h14-18,20,24,27,31-33H,7-13,19,21-22H2,1-6H3,(H,43,47)/t24-,27-,31+,32-,33-,38-/m1/s1. The maximum atomic E-state index is 14.4. The zero-order valence-electron chi connectivity index (χ0n) is 30.1. The first-order valence-corrected chi connectivity index (χ1v) is 18.0. The second kappa shape index (κ2) is 14.5. The first-order valence-electron chi connectivity index (χ1n) is 18.0. The molecule has 3 aliphatic rings. The van der Waals surface area contributed by atoms with E-state index >= 15 is 0 Å². The van der Waals surface area contributed by atoms with E-state index < -0.39 is 35.3 Å². The summed E-state index contributed by atoms with van der Waals surface area (Å²) >= 11 is 0. The summed E-state index contributed by atoms with van der Waals surface area (Å²) in [5, 5.41) is 2.89. The number of benzene rings is 1. The number of nitrogens with zero attached hydrogens (tertiary/aromatic N) is 5. The number of fused-ring (bicyclic) bond motifs is 5. The van der Waals surface area contributed by atoms with Gasteiger partial charge in [0.15, 0.2) is 5.78 Å². The van der Waals surface area contributed by atoms with Crippen LogP contribution in [0.1, 0.15) is 97.9 Å². The van der Waals surface area contributed by atoms with Gasteiger partial charge in [-0.15, -0.1) is 0 Å². The fourth-order valence-electron chi connectivity index (χ4n) is 7.52. The molecular formula is C38H50N6O6. The number of alkyl carbamates (subject to hydrolysis) is 1. The molecule has 1 N–H and O–H groups in total. The fourth-order valence-corrected chi connectivity index (χ4v) is 7.52. The van der Waals surface area contributed by atoms with E-state index in [9.17, 15) is 14.4 Å². The minimum atomic E-state index is -0.910. The van der Waals surface area contributed by atoms with Crippen molar-refractivity contribution in [2.45, 2.75) is 123 Å². The molecule has 6 rings (SSSR count). The van der Waals surface area contributed by atoms with Crippen LogP contribution in [0.5, 0.6) is 11.6 Å². The van der Waals surface area contributed by atoms with E-state index in [1.165, 1.54) is 6.92 Å². The summed E-state index contributed by atoms with van der Waals surface area (Å²) in [6, 6.07) is 3.98. The van der Waals surface area contributed by atoms with Crippen molar-refractivity contribution in [1.29, 1.82) is 0 Å². The van der Waals surface area contributed by atoms with Crippen LogP contribution in [0.25, 0.3) is 11.0 Å². The van der Waals surface area contributed by atoms with Crippen LogP contribution >= 0.6 is 0 Å². The third-order valence-corrected chi connectivity index (χ3v) is 10.5. The third kappa shape index (κ3) is 7.84. The summed E-state index contributed by atoms with van der Waals surface area (Å²) in [7, 11) is 0. The lowest BCUT2D eigenvalue weighted by Gasteiger charge is -2.35. The molecule has 0 spiro atoms. The predicted molar refractivity (Wildman–Crippen MR) is 186 cm³/mol. The Labute approximate surface area is 294 Å². The van der Waals surface area contributed by atoms with Crippen molar-refractivity contribution in [2.24, 2.45) is 17.3 Å². The molecular weight excluding hydrogens is 636 g/mol. The summed E-state index contributed by atoms with van der Waals surface area (Å²) in [6.45, 7) is 11.6. The Hall–Kier alpha value is -4.35. The maximum Gasteiger partial charge on any atom is 0.408 e. The highest BCUT2D eigenvalue weighted by Gasteiger charge is 2.54. The largest absolute Gasteiger partial charge is 0.487 e. The molecule has 2 aliphatic heterocycles. The van der Waals surface area contributed by atoms with Gasteiger partial charge in [0.05, 0.1) is 35.5 Å². The molecule has 50 heavy (non-hydrogen) atoms. The summed E-state index contributed by atoms with van der Waals surface area (Å²) in [6.07, 6.45) is 10.9. The van der Waals surface area contributed by atoms with Gasteiger partial charge in [-0.3, -0.25) is 19.6 Å². The Kier molecular flexibility index (Phi) is 10.3. The van der Waals surface area contributed by atoms with Crippen molar-refractivity contribution in [2.75, 3.05) is 6.54 Å². The lowest BCUT2D eigenvalue weighted by Crippen LogP contribution is -2.57. The van der Waals surface area contributed by atoms with Gasteiger partial charge >= 0.3 is 6.09 Å². The van der Waals surface area contributed by atoms with E-state index in [2.05, 4.69) is 15.3 Å². The normalized spacial score (nSPS) is 27.8. The van der Waals surface area contributed by atoms with Crippen molar-refractivity contribution in [3.8, 4) is 11.6 Å². The van der Waals surface area contributed by atoms with Crippen LogP contribution in [0.3, 0.4) is 0 Å². The number of hydrogen-bond donors (Lipinski definition) is 1. The third-order valence-electron chi connectivity index (χ3n) is 10.5. The van der Waals surface area contributed by atoms with Gasteiger partial charge < -0.3 is 24.4 Å². The number of hydrogen-bond acceptors (Lipinski definition) is 10. The van der Waals surface area contributed by atoms with E-state index in [-0.39, 0.29) is 30.8 Å². The Morgan fingerprint density at radius 1 is 1.10 bits per heavy atom. The number of carbonyl (C=O) groups excluding carboxylic acids is 3. The van der Waals surface area contributed by atoms with Gasteiger partial charge in [-0.2, -0.15) is 0 Å². The molecule has 1 aromatic carbocycles. The molecule has 2 bridgehead atoms. The Balaban J connectivity index is 1.33. The van der Waals surface area contributed by atoms with E-state index in [1.807, 2.05) is 52.8 Å². The molecule has 12 nitrogen and oxygen atoms in total. The van der Waals surface area contributed by atoms with Crippen molar-refractivity contribution >= 4 is 28.8 Å². The Bertz CT molecular complexity index is 1710. The zero-order chi connectivity index (χ0) is 35.6. The number of aromatic nitrogens is 4. The van der Waals surface area contributed by atoms with Gasteiger partial charge in [0, 0.05) is 30.3 Å². The second-order valence-corrected chi connectivity index (χ2v) is 15.4. The first kappa shape index (κ1) is 35.5. The lowest BCUT2D eigenvalue weighted by atomic mass is 9.85. The number of amides is 2. The molecule has 0 radical (unpaired) electrons. The molecule has 0 unspecified atom stereocenters. The average molecular weight is 687 g/mol. The number of aryl methyl sites for hydroxylation is 1. The Morgan fingerprint density at radius 2 is 1.90 bits per heavy atom. The minimum absolute atomic E-state index is 0.128. The molecule has 1 saturated heterocycles. The fraction of sp³-hybridized carbons (Fsp3) is 0.605. The minimum Gasteiger partial charge on any atom is -0.487 e. The van der Waals surface area contributed by atoms with E-state index in [0.29, 0.717) is 41.6 Å². The molecule has 3 aromatic rings. The highest BCUT2D eigenvalue weighted by molar-refractivity contribution is 5.92. The molecule has 12 heteroatoms. The molecule has 1 aliphatic carbocycles. The van der Waals surface area contributed by atoms with E-state index in [4.69, 9.17) is 24.2 Å². The monoisotopic (exact) mass is 686 g/mol. The van der Waals surface area contributed by atoms with Crippen molar-refractivity contribution in [3.63, 3.8) is 0 Å². The predicted octanol–water partition coefficient (Wildman–Crippen LogP) is 6.00. The number of ketones is 1. The quantitative estimate of drug-likeness (QED) is 0.339. The number of nitrogens with one attached hydrogen (secondary N) is 1. The van der Waals surface area contributed by atoms with Crippen molar-refractivity contribution in [1.82, 2.24) is 30.2 Å². The lowest BCUT2D eigenvalue weighted by molar-refractivity contribution is -0.141. The van der Waals surface area contributed by atoms with E-state index in [0.717, 1.165) is 49.7 Å². The van der Waals surface area contributed by atoms with Gasteiger partial charge in [0.1, 0.15) is 35.8 Å². The van der Waals surface area contributed by atoms with Gasteiger partial charge in [-0.05, 0) is 63.5 Å². The zero-order valence-corrected chi connectivity index (χ0v) is 30.1. The number of Topliss-reactive ketones (excluding diaryl/α,β-unsaturated/α-hetero) is 1. The maximum absolute atomic E-state index is 14.4. The summed E-state index contributed by atoms with van der Waals surface area (Å²) < 4.78 is 18.7. The number of carbonyl (C=O) groups is 3. The van der Waals surface area contributed by atoms with Crippen LogP contribution in [-0.4, -0.2) is 73.0 Å². The van der Waals surface area contributed by atoms with Crippen LogP contribution in [0, 0.1) is 17.3 Å². The summed E-state index contributed by atoms with van der Waals surface area (Å²) in [4.78, 5) is 60.9. The molecule has 2 aromatic heterocycles. The summed E-state index contributed by atoms with van der Waals surface area (Å²) in [5.41, 5.74) is 1.62. The molecule has 4 heterocycles. The topological polar surface area (TPSA) is 146 Å². The summed E-state index contributed by atoms with van der Waals surface area (Å²) in [5.74, 6) is 0.574. The molecule has 2 amide bonds.